The maximum Gasteiger partial charge on any atom is 0.265 e. The molecule has 126 valence electrons. The first-order valence-electron chi connectivity index (χ1n) is 7.75. The number of ether oxygens (including phenoxy) is 2. The van der Waals surface area contributed by atoms with Crippen molar-refractivity contribution in [2.75, 3.05) is 13.2 Å². The third kappa shape index (κ3) is 2.92. The van der Waals surface area contributed by atoms with Gasteiger partial charge >= 0.3 is 0 Å². The zero-order chi connectivity index (χ0) is 17.3. The van der Waals surface area contributed by atoms with E-state index in [0.29, 0.717) is 11.5 Å². The summed E-state index contributed by atoms with van der Waals surface area (Å²) in [5.41, 5.74) is 1.32. The Morgan fingerprint density at radius 1 is 1.33 bits per heavy atom. The quantitative estimate of drug-likeness (QED) is 0.925. The third-order valence-electron chi connectivity index (χ3n) is 4.14. The maximum absolute atomic E-state index is 12.5. The summed E-state index contributed by atoms with van der Waals surface area (Å²) < 4.78 is 12.8. The average molecular weight is 329 g/mol. The molecule has 1 aliphatic heterocycles. The van der Waals surface area contributed by atoms with Gasteiger partial charge in [-0.05, 0) is 24.6 Å². The molecule has 6 nitrogen and oxygen atoms in total. The predicted molar refractivity (Wildman–Crippen MR) is 87.8 cm³/mol. The molecule has 1 N–H and O–H groups in total. The second kappa shape index (κ2) is 6.49. The number of ketones is 1. The number of benzene rings is 1. The van der Waals surface area contributed by atoms with Crippen LogP contribution in [0.25, 0.3) is 0 Å². The van der Waals surface area contributed by atoms with Crippen LogP contribution in [0.15, 0.2) is 35.1 Å². The molecule has 2 aromatic rings. The van der Waals surface area contributed by atoms with Crippen LogP contribution in [0.5, 0.6) is 11.5 Å². The summed E-state index contributed by atoms with van der Waals surface area (Å²) in [6.07, 6.45) is -0.358. The van der Waals surface area contributed by atoms with E-state index in [9.17, 15) is 9.59 Å². The molecule has 1 atom stereocenters. The molecule has 0 fully saturated rings. The van der Waals surface area contributed by atoms with Crippen molar-refractivity contribution >= 4 is 5.78 Å². The number of hydrogen-bond acceptors (Lipinski definition) is 5. The monoisotopic (exact) mass is 329 g/mol. The van der Waals surface area contributed by atoms with E-state index in [2.05, 4.69) is 0 Å². The van der Waals surface area contributed by atoms with Gasteiger partial charge < -0.3 is 19.1 Å². The molecule has 0 saturated heterocycles. The first-order chi connectivity index (χ1) is 11.5. The Kier molecular flexibility index (Phi) is 4.40. The van der Waals surface area contributed by atoms with Crippen molar-refractivity contribution < 1.29 is 19.4 Å². The van der Waals surface area contributed by atoms with E-state index in [4.69, 9.17) is 14.6 Å². The van der Waals surface area contributed by atoms with Crippen molar-refractivity contribution in [2.24, 2.45) is 7.05 Å². The van der Waals surface area contributed by atoms with Crippen LogP contribution < -0.4 is 15.0 Å². The van der Waals surface area contributed by atoms with Crippen LogP contribution in [0, 0.1) is 6.92 Å². The Hall–Kier alpha value is -2.60. The molecular formula is C18H19NO5. The molecule has 0 amide bonds. The molecule has 0 spiro atoms. The van der Waals surface area contributed by atoms with Crippen molar-refractivity contribution in [2.45, 2.75) is 19.4 Å². The fourth-order valence-corrected chi connectivity index (χ4v) is 2.76. The number of carbonyl (C=O) groups is 1. The van der Waals surface area contributed by atoms with Gasteiger partial charge in [0.1, 0.15) is 29.8 Å². The highest BCUT2D eigenvalue weighted by atomic mass is 16.5. The number of Topliss-reactive ketones (excluding diaryl/α,β-unsaturated/α-hetero) is 1. The van der Waals surface area contributed by atoms with Crippen molar-refractivity contribution in [1.82, 2.24) is 4.57 Å². The fraction of sp³-hybridized carbons (Fsp3) is 0.333. The second-order valence-corrected chi connectivity index (χ2v) is 5.77. The number of rotatable bonds is 4. The Balaban J connectivity index is 1.94. The van der Waals surface area contributed by atoms with Crippen LogP contribution >= 0.6 is 0 Å². The van der Waals surface area contributed by atoms with Gasteiger partial charge in [-0.2, -0.15) is 0 Å². The standard InChI is InChI=1S/C18H19NO5/c1-11-8-16-17(18(22)19(11)2)14(21)10-15(24-16)12-4-3-5-13(9-12)23-7-6-20/h3-5,8-9,15,20H,6-7,10H2,1-2H3. The minimum atomic E-state index is -0.464. The van der Waals surface area contributed by atoms with Crippen molar-refractivity contribution in [3.8, 4) is 11.5 Å². The van der Waals surface area contributed by atoms with Gasteiger partial charge in [0.15, 0.2) is 5.78 Å². The summed E-state index contributed by atoms with van der Waals surface area (Å²) in [5.74, 6) is 0.714. The number of fused-ring (bicyclic) bond motifs is 1. The molecule has 0 radical (unpaired) electrons. The van der Waals surface area contributed by atoms with E-state index in [0.717, 1.165) is 11.3 Å². The lowest BCUT2D eigenvalue weighted by Crippen LogP contribution is -2.31. The number of aromatic nitrogens is 1. The van der Waals surface area contributed by atoms with Gasteiger partial charge in [-0.1, -0.05) is 12.1 Å². The topological polar surface area (TPSA) is 77.8 Å². The number of aliphatic hydroxyl groups is 1. The van der Waals surface area contributed by atoms with E-state index in [1.54, 1.807) is 38.2 Å². The second-order valence-electron chi connectivity index (χ2n) is 5.77. The predicted octanol–water partition coefficient (Wildman–Crippen LogP) is 1.77. The molecule has 1 aliphatic rings. The molecule has 1 unspecified atom stereocenters. The molecule has 0 aliphatic carbocycles. The zero-order valence-electron chi connectivity index (χ0n) is 13.6. The van der Waals surface area contributed by atoms with E-state index >= 15 is 0 Å². The molecular weight excluding hydrogens is 310 g/mol. The van der Waals surface area contributed by atoms with Crippen LogP contribution in [-0.2, 0) is 7.05 Å². The summed E-state index contributed by atoms with van der Waals surface area (Å²) in [5, 5.41) is 8.84. The number of hydrogen-bond donors (Lipinski definition) is 1. The van der Waals surface area contributed by atoms with E-state index in [1.165, 1.54) is 4.57 Å². The lowest BCUT2D eigenvalue weighted by atomic mass is 9.96. The van der Waals surface area contributed by atoms with Crippen molar-refractivity contribution in [1.29, 1.82) is 0 Å². The van der Waals surface area contributed by atoms with Crippen LogP contribution in [-0.4, -0.2) is 28.7 Å². The van der Waals surface area contributed by atoms with Crippen molar-refractivity contribution in [3.63, 3.8) is 0 Å². The Labute approximate surface area is 139 Å². The Morgan fingerprint density at radius 3 is 2.88 bits per heavy atom. The summed E-state index contributed by atoms with van der Waals surface area (Å²) in [6.45, 7) is 1.92. The molecule has 3 rings (SSSR count). The highest BCUT2D eigenvalue weighted by Gasteiger charge is 2.31. The van der Waals surface area contributed by atoms with E-state index in [-0.39, 0.29) is 36.5 Å². The maximum atomic E-state index is 12.5. The molecule has 6 heteroatoms. The van der Waals surface area contributed by atoms with Gasteiger partial charge in [-0.25, -0.2) is 0 Å². The largest absolute Gasteiger partial charge is 0.491 e. The van der Waals surface area contributed by atoms with Gasteiger partial charge in [-0.3, -0.25) is 9.59 Å². The van der Waals surface area contributed by atoms with E-state index in [1.807, 2.05) is 6.07 Å². The zero-order valence-corrected chi connectivity index (χ0v) is 13.6. The first kappa shape index (κ1) is 16.3. The summed E-state index contributed by atoms with van der Waals surface area (Å²) in [7, 11) is 1.64. The smallest absolute Gasteiger partial charge is 0.265 e. The average Bonchev–Trinajstić information content (AvgIpc) is 2.57. The molecule has 0 bridgehead atoms. The normalized spacial score (nSPS) is 16.5. The highest BCUT2D eigenvalue weighted by Crippen LogP contribution is 2.34. The lowest BCUT2D eigenvalue weighted by molar-refractivity contribution is 0.0845. The third-order valence-corrected chi connectivity index (χ3v) is 4.14. The Morgan fingerprint density at radius 2 is 2.12 bits per heavy atom. The minimum absolute atomic E-state index is 0.0708. The number of aliphatic hydroxyl groups excluding tert-OH is 1. The fourth-order valence-electron chi connectivity index (χ4n) is 2.76. The molecule has 0 saturated carbocycles. The number of aryl methyl sites for hydroxylation is 1. The van der Waals surface area contributed by atoms with Crippen molar-refractivity contribution in [3.05, 3.63) is 57.5 Å². The number of pyridine rings is 1. The van der Waals surface area contributed by atoms with Crippen LogP contribution in [0.1, 0.15) is 34.1 Å². The van der Waals surface area contributed by atoms with Gasteiger partial charge in [0.2, 0.25) is 0 Å². The van der Waals surface area contributed by atoms with Crippen LogP contribution in [0.2, 0.25) is 0 Å². The molecule has 2 heterocycles. The summed E-state index contributed by atoms with van der Waals surface area (Å²) >= 11 is 0. The highest BCUT2D eigenvalue weighted by molar-refractivity contribution is 5.99. The molecule has 24 heavy (non-hydrogen) atoms. The van der Waals surface area contributed by atoms with Gasteiger partial charge in [0.25, 0.3) is 5.56 Å². The van der Waals surface area contributed by atoms with Gasteiger partial charge in [-0.15, -0.1) is 0 Å². The lowest BCUT2D eigenvalue weighted by Gasteiger charge is -2.26. The number of nitrogens with zero attached hydrogens (tertiary/aromatic N) is 1. The Bertz CT molecular complexity index is 840. The van der Waals surface area contributed by atoms with Crippen LogP contribution in [0.4, 0.5) is 0 Å². The summed E-state index contributed by atoms with van der Waals surface area (Å²) in [6, 6.07) is 8.93. The number of carbonyl (C=O) groups excluding carboxylic acids is 1. The first-order valence-corrected chi connectivity index (χ1v) is 7.75. The van der Waals surface area contributed by atoms with Gasteiger partial charge in [0, 0.05) is 18.8 Å². The summed E-state index contributed by atoms with van der Waals surface area (Å²) in [4.78, 5) is 24.7. The molecule has 1 aromatic carbocycles. The van der Waals surface area contributed by atoms with Crippen LogP contribution in [0.3, 0.4) is 0 Å². The minimum Gasteiger partial charge on any atom is -0.491 e. The van der Waals surface area contributed by atoms with Gasteiger partial charge in [0.05, 0.1) is 13.0 Å². The van der Waals surface area contributed by atoms with E-state index < -0.39 is 6.10 Å². The SMILES string of the molecule is Cc1cc2c(c(=O)n1C)C(=O)CC(c1cccc(OCCO)c1)O2. The molecule has 1 aromatic heterocycles.